The molecule has 0 heteroatoms. The predicted molar refractivity (Wildman–Crippen MR) is 256 cm³/mol. The standard InChI is InChI=1S/C60H50/c1-41-23-37-48(38-24-41)60(56-21-11-9-15-50(56)51-16-10-12-22-57(51)60)49-39-35-47(36-40-49)59-54-19-7-5-17-52(54)58(53-18-6-8-20-55(53)59)46-33-29-43(30-34-46)26-25-42-27-31-45(32-28-42)44-13-3-2-4-14-44/h2-3,5-13,15-27,29,31,33,35,37-39H,4,14,28,30,32,34,36,40H2,1H3. The van der Waals surface area contributed by atoms with Crippen LogP contribution in [0.4, 0.5) is 0 Å². The fourth-order valence-electron chi connectivity index (χ4n) is 11.0. The Hall–Kier alpha value is -6.50. The summed E-state index contributed by atoms with van der Waals surface area (Å²) in [5.41, 5.74) is 20.8. The molecule has 6 aromatic rings. The van der Waals surface area contributed by atoms with Gasteiger partial charge in [-0.2, -0.15) is 0 Å². The van der Waals surface area contributed by atoms with Crippen LogP contribution in [0.25, 0.3) is 43.8 Å². The van der Waals surface area contributed by atoms with Gasteiger partial charge in [-0.25, -0.2) is 0 Å². The Morgan fingerprint density at radius 3 is 1.38 bits per heavy atom. The molecule has 0 saturated heterocycles. The smallest absolute Gasteiger partial charge is 0.0676 e. The van der Waals surface area contributed by atoms with E-state index in [0.717, 1.165) is 44.9 Å². The SMILES string of the molecule is Cc1ccc(C2(C3=CC=C(c4c5ccccc5c(C5=CC=C(C=CC6=CC=C(C7=CC=CCC7)CC6)CC5)c5ccccc45)CC3)c3ccccc3-c3ccccc32)cc1. The van der Waals surface area contributed by atoms with Crippen molar-refractivity contribution in [2.45, 2.75) is 63.7 Å². The highest BCUT2D eigenvalue weighted by molar-refractivity contribution is 6.16. The van der Waals surface area contributed by atoms with Gasteiger partial charge in [0, 0.05) is 0 Å². The van der Waals surface area contributed by atoms with E-state index < -0.39 is 0 Å². The summed E-state index contributed by atoms with van der Waals surface area (Å²) in [6.07, 6.45) is 34.6. The third-order valence-corrected chi connectivity index (χ3v) is 13.9. The van der Waals surface area contributed by atoms with Gasteiger partial charge < -0.3 is 0 Å². The minimum atomic E-state index is -0.329. The molecule has 290 valence electrons. The Kier molecular flexibility index (Phi) is 9.31. The van der Waals surface area contributed by atoms with Crippen LogP contribution < -0.4 is 0 Å². The van der Waals surface area contributed by atoms with Crippen LogP contribution >= 0.6 is 0 Å². The molecule has 11 rings (SSSR count). The highest BCUT2D eigenvalue weighted by Gasteiger charge is 2.47. The third-order valence-electron chi connectivity index (χ3n) is 13.9. The first kappa shape index (κ1) is 36.6. The molecule has 0 saturated carbocycles. The van der Waals surface area contributed by atoms with E-state index in [1.165, 1.54) is 111 Å². The van der Waals surface area contributed by atoms with Gasteiger partial charge in [0.05, 0.1) is 5.41 Å². The van der Waals surface area contributed by atoms with Gasteiger partial charge >= 0.3 is 0 Å². The number of rotatable bonds is 7. The zero-order valence-electron chi connectivity index (χ0n) is 34.6. The van der Waals surface area contributed by atoms with Crippen molar-refractivity contribution >= 4 is 32.7 Å². The molecule has 0 radical (unpaired) electrons. The van der Waals surface area contributed by atoms with Crippen molar-refractivity contribution in [1.82, 2.24) is 0 Å². The Balaban J connectivity index is 0.977. The minimum absolute atomic E-state index is 0.329. The van der Waals surface area contributed by atoms with E-state index in [4.69, 9.17) is 0 Å². The molecule has 0 atom stereocenters. The number of aryl methyl sites for hydroxylation is 1. The average molecular weight is 771 g/mol. The van der Waals surface area contributed by atoms with E-state index in [0.29, 0.717) is 0 Å². The van der Waals surface area contributed by atoms with E-state index in [1.807, 2.05) is 0 Å². The van der Waals surface area contributed by atoms with Crippen LogP contribution in [0.2, 0.25) is 0 Å². The molecule has 5 aliphatic carbocycles. The Bertz CT molecular complexity index is 2910. The predicted octanol–water partition coefficient (Wildman–Crippen LogP) is 16.0. The van der Waals surface area contributed by atoms with Gasteiger partial charge in [0.2, 0.25) is 0 Å². The Labute approximate surface area is 355 Å². The summed E-state index contributed by atoms with van der Waals surface area (Å²) >= 11 is 0. The molecule has 0 nitrogen and oxygen atoms in total. The maximum atomic E-state index is 2.49. The zero-order valence-corrected chi connectivity index (χ0v) is 34.6. The van der Waals surface area contributed by atoms with Gasteiger partial charge in [-0.05, 0) is 152 Å². The molecule has 0 amide bonds. The maximum absolute atomic E-state index is 2.49. The second kappa shape index (κ2) is 15.3. The topological polar surface area (TPSA) is 0 Å². The highest BCUT2D eigenvalue weighted by Crippen LogP contribution is 2.58. The van der Waals surface area contributed by atoms with Crippen LogP contribution in [0.5, 0.6) is 0 Å². The van der Waals surface area contributed by atoms with E-state index in [1.54, 1.807) is 0 Å². The van der Waals surface area contributed by atoms with Gasteiger partial charge in [-0.15, -0.1) is 0 Å². The summed E-state index contributed by atoms with van der Waals surface area (Å²) in [6.45, 7) is 2.19. The van der Waals surface area contributed by atoms with Crippen LogP contribution in [-0.2, 0) is 5.41 Å². The molecule has 0 N–H and O–H groups in total. The van der Waals surface area contributed by atoms with Gasteiger partial charge in [0.25, 0.3) is 0 Å². The van der Waals surface area contributed by atoms with Crippen molar-refractivity contribution < 1.29 is 0 Å². The van der Waals surface area contributed by atoms with Crippen molar-refractivity contribution in [2.24, 2.45) is 0 Å². The van der Waals surface area contributed by atoms with Crippen molar-refractivity contribution in [3.8, 4) is 11.1 Å². The number of allylic oxidation sites excluding steroid dienone is 18. The number of benzene rings is 6. The molecule has 0 heterocycles. The van der Waals surface area contributed by atoms with Crippen molar-refractivity contribution in [2.75, 3.05) is 0 Å². The van der Waals surface area contributed by atoms with Gasteiger partial charge in [-0.3, -0.25) is 0 Å². The molecule has 0 unspecified atom stereocenters. The van der Waals surface area contributed by atoms with E-state index in [2.05, 4.69) is 195 Å². The van der Waals surface area contributed by atoms with Crippen molar-refractivity contribution in [1.29, 1.82) is 0 Å². The first-order valence-electron chi connectivity index (χ1n) is 22.1. The molecule has 0 fully saturated rings. The van der Waals surface area contributed by atoms with E-state index >= 15 is 0 Å². The molecular weight excluding hydrogens is 721 g/mol. The van der Waals surface area contributed by atoms with E-state index in [-0.39, 0.29) is 5.41 Å². The van der Waals surface area contributed by atoms with Gasteiger partial charge in [0.1, 0.15) is 0 Å². The highest BCUT2D eigenvalue weighted by atomic mass is 14.5. The molecule has 0 spiro atoms. The second-order valence-electron chi connectivity index (χ2n) is 17.3. The first-order chi connectivity index (χ1) is 29.7. The van der Waals surface area contributed by atoms with Crippen LogP contribution in [0, 0.1) is 6.92 Å². The zero-order chi connectivity index (χ0) is 40.0. The van der Waals surface area contributed by atoms with Crippen LogP contribution in [0.3, 0.4) is 0 Å². The summed E-state index contributed by atoms with van der Waals surface area (Å²) in [7, 11) is 0. The first-order valence-corrected chi connectivity index (χ1v) is 22.1. The van der Waals surface area contributed by atoms with Crippen molar-refractivity contribution in [3.63, 3.8) is 0 Å². The summed E-state index contributed by atoms with van der Waals surface area (Å²) in [5.74, 6) is 0. The lowest BCUT2D eigenvalue weighted by Gasteiger charge is -2.37. The summed E-state index contributed by atoms with van der Waals surface area (Å²) in [4.78, 5) is 0. The summed E-state index contributed by atoms with van der Waals surface area (Å²) in [5, 5.41) is 5.42. The van der Waals surface area contributed by atoms with Crippen molar-refractivity contribution in [3.05, 3.63) is 249 Å². The number of hydrogen-bond donors (Lipinski definition) is 0. The fraction of sp³-hybridized carbons (Fsp3) is 0.167. The molecule has 60 heavy (non-hydrogen) atoms. The monoisotopic (exact) mass is 770 g/mol. The largest absolute Gasteiger partial charge is 0.0842 e. The number of hydrogen-bond acceptors (Lipinski definition) is 0. The Morgan fingerprint density at radius 1 is 0.417 bits per heavy atom. The summed E-state index contributed by atoms with van der Waals surface area (Å²) < 4.78 is 0. The van der Waals surface area contributed by atoms with Crippen LogP contribution in [-0.4, -0.2) is 0 Å². The number of fused-ring (bicyclic) bond motifs is 5. The fourth-order valence-corrected chi connectivity index (χ4v) is 11.0. The normalized spacial score (nSPS) is 18.2. The lowest BCUT2D eigenvalue weighted by Crippen LogP contribution is -2.30. The lowest BCUT2D eigenvalue weighted by atomic mass is 9.64. The molecular formula is C60H50. The molecule has 6 aromatic carbocycles. The quantitative estimate of drug-likeness (QED) is 0.142. The van der Waals surface area contributed by atoms with Gasteiger partial charge in [0.15, 0.2) is 0 Å². The molecule has 0 aromatic heterocycles. The Morgan fingerprint density at radius 2 is 0.900 bits per heavy atom. The molecule has 5 aliphatic rings. The minimum Gasteiger partial charge on any atom is -0.0842 e. The van der Waals surface area contributed by atoms with E-state index in [9.17, 15) is 0 Å². The average Bonchev–Trinajstić information content (AvgIpc) is 3.62. The second-order valence-corrected chi connectivity index (χ2v) is 17.3. The van der Waals surface area contributed by atoms with Gasteiger partial charge in [-0.1, -0.05) is 199 Å². The summed E-state index contributed by atoms with van der Waals surface area (Å²) in [6, 6.07) is 45.9. The third kappa shape index (κ3) is 6.12. The molecule has 0 bridgehead atoms. The van der Waals surface area contributed by atoms with Crippen LogP contribution in [0.1, 0.15) is 84.7 Å². The van der Waals surface area contributed by atoms with Crippen LogP contribution in [0.15, 0.2) is 216 Å². The maximum Gasteiger partial charge on any atom is 0.0676 e. The molecule has 0 aliphatic heterocycles. The lowest BCUT2D eigenvalue weighted by molar-refractivity contribution is 0.696.